The molecule has 5 atom stereocenters. The Morgan fingerprint density at radius 2 is 1.95 bits per heavy atom. The molecule has 2 aliphatic carbocycles. The Morgan fingerprint density at radius 1 is 1.18 bits per heavy atom. The minimum absolute atomic E-state index is 0.0917. The van der Waals surface area contributed by atoms with Crippen molar-refractivity contribution in [3.05, 3.63) is 44.5 Å². The number of esters is 1. The van der Waals surface area contributed by atoms with E-state index in [1.54, 1.807) is 16.8 Å². The third-order valence-electron chi connectivity index (χ3n) is 10.0. The third kappa shape index (κ3) is 4.34. The Kier molecular flexibility index (Phi) is 6.36. The number of guanidine groups is 1. The van der Waals surface area contributed by atoms with Crippen LogP contribution in [0, 0.1) is 17.8 Å². The predicted octanol–water partition coefficient (Wildman–Crippen LogP) is 5.01. The van der Waals surface area contributed by atoms with Gasteiger partial charge in [-0.3, -0.25) is 4.79 Å². The van der Waals surface area contributed by atoms with E-state index in [0.29, 0.717) is 49.3 Å². The summed E-state index contributed by atoms with van der Waals surface area (Å²) in [5.74, 6) is 1.41. The molecular weight excluding hydrogens is 548 g/mol. The topological polar surface area (TPSA) is 96.5 Å². The molecule has 0 amide bonds. The van der Waals surface area contributed by atoms with Gasteiger partial charge in [-0.15, -0.1) is 0 Å². The molecule has 38 heavy (non-hydrogen) atoms. The second-order valence-corrected chi connectivity index (χ2v) is 13.1. The van der Waals surface area contributed by atoms with Crippen molar-refractivity contribution < 1.29 is 14.6 Å². The van der Waals surface area contributed by atoms with E-state index < -0.39 is 11.6 Å². The molecule has 0 bridgehead atoms. The maximum Gasteiger partial charge on any atom is 0.338 e. The lowest BCUT2D eigenvalue weighted by Crippen LogP contribution is -2.51. The van der Waals surface area contributed by atoms with Gasteiger partial charge < -0.3 is 19.3 Å². The summed E-state index contributed by atoms with van der Waals surface area (Å²) in [6.07, 6.45) is 7.96. The number of cyclic esters (lactones) is 1. The first-order chi connectivity index (χ1) is 18.1. The first kappa shape index (κ1) is 25.8. The largest absolute Gasteiger partial charge is 0.512 e. The fourth-order valence-corrected chi connectivity index (χ4v) is 7.55. The van der Waals surface area contributed by atoms with Crippen LogP contribution in [0.1, 0.15) is 72.1 Å². The van der Waals surface area contributed by atoms with Crippen molar-refractivity contribution >= 4 is 33.6 Å². The molecule has 4 heterocycles. The van der Waals surface area contributed by atoms with E-state index in [4.69, 9.17) is 14.7 Å². The van der Waals surface area contributed by atoms with Gasteiger partial charge in [0.25, 0.3) is 5.56 Å². The molecule has 2 fully saturated rings. The molecule has 9 heteroatoms. The van der Waals surface area contributed by atoms with E-state index in [0.717, 1.165) is 54.8 Å². The van der Waals surface area contributed by atoms with Gasteiger partial charge in [-0.05, 0) is 61.0 Å². The number of aromatic nitrogens is 1. The van der Waals surface area contributed by atoms with Gasteiger partial charge in [-0.2, -0.15) is 0 Å². The molecule has 204 valence electrons. The molecule has 0 aromatic carbocycles. The van der Waals surface area contributed by atoms with Gasteiger partial charge in [0.1, 0.15) is 11.4 Å². The zero-order chi connectivity index (χ0) is 26.8. The minimum atomic E-state index is -0.796. The molecule has 0 saturated heterocycles. The van der Waals surface area contributed by atoms with Crippen LogP contribution in [0.2, 0.25) is 0 Å². The van der Waals surface area contributed by atoms with Crippen LogP contribution in [0.25, 0.3) is 0 Å². The SMILES string of the molecule is CC1=NC2=NC3(CC4=C(O)CC(CCn5cc(Br)ccc5=O)(C5CCCC5)OC4=O)C[C@H]3CN2C(C)[C@H]1C. The molecule has 3 aliphatic heterocycles. The highest BCUT2D eigenvalue weighted by Crippen LogP contribution is 2.56. The van der Waals surface area contributed by atoms with Crippen molar-refractivity contribution in [2.24, 2.45) is 27.7 Å². The highest BCUT2D eigenvalue weighted by Gasteiger charge is 2.61. The Bertz CT molecular complexity index is 1310. The number of nitrogens with zero attached hydrogens (tertiary/aromatic N) is 4. The molecule has 0 spiro atoms. The number of carbonyl (C=O) groups excluding carboxylic acids is 1. The van der Waals surface area contributed by atoms with Gasteiger partial charge in [0, 0.05) is 72.7 Å². The summed E-state index contributed by atoms with van der Waals surface area (Å²) in [4.78, 5) is 38.2. The number of ether oxygens (including phenoxy) is 1. The Morgan fingerprint density at radius 3 is 2.68 bits per heavy atom. The van der Waals surface area contributed by atoms with Crippen LogP contribution < -0.4 is 5.56 Å². The first-order valence-corrected chi connectivity index (χ1v) is 14.8. The van der Waals surface area contributed by atoms with Gasteiger partial charge in [-0.1, -0.05) is 19.8 Å². The second kappa shape index (κ2) is 9.35. The zero-order valence-electron chi connectivity index (χ0n) is 22.5. The maximum atomic E-state index is 13.6. The summed E-state index contributed by atoms with van der Waals surface area (Å²) in [6, 6.07) is 3.61. The summed E-state index contributed by atoms with van der Waals surface area (Å²) in [7, 11) is 0. The number of hydrogen-bond acceptors (Lipinski definition) is 7. The van der Waals surface area contributed by atoms with Crippen molar-refractivity contribution in [3.8, 4) is 0 Å². The van der Waals surface area contributed by atoms with E-state index in [-0.39, 0.29) is 22.8 Å². The Hall–Kier alpha value is -2.42. The Balaban J connectivity index is 1.26. The standard InChI is InChI=1S/C29H37BrN4O4/c1-17-18(2)31-27-32-28(12-21(28)15-34(27)19(17)3)13-23-24(35)14-29(38-26(23)37,20-6-4-5-7-20)10-11-33-16-22(30)8-9-25(33)36/h8-9,16-17,19-21,35H,4-7,10-15H2,1-3H3/t17-,19?,21-,28?,29?/m0/s1. The lowest BCUT2D eigenvalue weighted by molar-refractivity contribution is -0.168. The van der Waals surface area contributed by atoms with Gasteiger partial charge in [0.15, 0.2) is 0 Å². The van der Waals surface area contributed by atoms with E-state index in [9.17, 15) is 14.7 Å². The van der Waals surface area contributed by atoms with Crippen molar-refractivity contribution in [2.45, 2.75) is 95.9 Å². The molecule has 5 aliphatic rings. The lowest BCUT2D eigenvalue weighted by Gasteiger charge is -2.43. The van der Waals surface area contributed by atoms with Crippen LogP contribution >= 0.6 is 15.9 Å². The highest BCUT2D eigenvalue weighted by molar-refractivity contribution is 9.10. The number of aryl methyl sites for hydroxylation is 1. The first-order valence-electron chi connectivity index (χ1n) is 14.0. The minimum Gasteiger partial charge on any atom is -0.512 e. The number of rotatable bonds is 6. The fourth-order valence-electron chi connectivity index (χ4n) is 7.17. The quantitative estimate of drug-likeness (QED) is 0.474. The molecule has 0 radical (unpaired) electrons. The predicted molar refractivity (Wildman–Crippen MR) is 149 cm³/mol. The van der Waals surface area contributed by atoms with Crippen LogP contribution in [0.4, 0.5) is 0 Å². The highest BCUT2D eigenvalue weighted by atomic mass is 79.9. The van der Waals surface area contributed by atoms with Crippen LogP contribution in [-0.4, -0.2) is 55.9 Å². The van der Waals surface area contributed by atoms with Crippen molar-refractivity contribution in [3.63, 3.8) is 0 Å². The van der Waals surface area contributed by atoms with Crippen LogP contribution in [0.3, 0.4) is 0 Å². The van der Waals surface area contributed by atoms with Crippen molar-refractivity contribution in [1.82, 2.24) is 9.47 Å². The van der Waals surface area contributed by atoms with Crippen LogP contribution in [0.15, 0.2) is 48.9 Å². The summed E-state index contributed by atoms with van der Waals surface area (Å²) in [6.45, 7) is 7.81. The third-order valence-corrected chi connectivity index (χ3v) is 10.5. The summed E-state index contributed by atoms with van der Waals surface area (Å²) < 4.78 is 8.80. The smallest absolute Gasteiger partial charge is 0.338 e. The summed E-state index contributed by atoms with van der Waals surface area (Å²) in [5.41, 5.74) is 0.193. The van der Waals surface area contributed by atoms with E-state index >= 15 is 0 Å². The number of fused-ring (bicyclic) bond motifs is 2. The average Bonchev–Trinajstić information content (AvgIpc) is 3.27. The molecule has 1 aromatic heterocycles. The van der Waals surface area contributed by atoms with Gasteiger partial charge in [0.2, 0.25) is 5.96 Å². The number of aliphatic hydroxyl groups is 1. The summed E-state index contributed by atoms with van der Waals surface area (Å²) >= 11 is 3.44. The molecule has 1 aromatic rings. The maximum absolute atomic E-state index is 13.6. The van der Waals surface area contributed by atoms with Crippen molar-refractivity contribution in [2.75, 3.05) is 6.54 Å². The molecule has 6 rings (SSSR count). The average molecular weight is 586 g/mol. The number of aliphatic imine (C=N–C) groups is 2. The molecule has 3 unspecified atom stereocenters. The zero-order valence-corrected chi connectivity index (χ0v) is 24.0. The van der Waals surface area contributed by atoms with Crippen LogP contribution in [0.5, 0.6) is 0 Å². The fraction of sp³-hybridized carbons (Fsp3) is 0.655. The normalized spacial score (nSPS) is 34.9. The lowest BCUT2D eigenvalue weighted by atomic mass is 9.77. The van der Waals surface area contributed by atoms with Gasteiger partial charge in [-0.25, -0.2) is 14.8 Å². The summed E-state index contributed by atoms with van der Waals surface area (Å²) in [5, 5.41) is 11.4. The Labute approximate surface area is 232 Å². The molecule has 1 N–H and O–H groups in total. The van der Waals surface area contributed by atoms with Crippen molar-refractivity contribution in [1.29, 1.82) is 0 Å². The number of pyridine rings is 1. The van der Waals surface area contributed by atoms with Gasteiger partial charge in [0.05, 0.1) is 11.1 Å². The van der Waals surface area contributed by atoms with Crippen LogP contribution in [-0.2, 0) is 16.1 Å². The number of hydrogen-bond donors (Lipinski definition) is 1. The van der Waals surface area contributed by atoms with Gasteiger partial charge >= 0.3 is 5.97 Å². The number of carbonyl (C=O) groups is 1. The molecule has 8 nitrogen and oxygen atoms in total. The number of halogens is 1. The number of aliphatic hydroxyl groups excluding tert-OH is 1. The van der Waals surface area contributed by atoms with E-state index in [1.807, 2.05) is 0 Å². The monoisotopic (exact) mass is 584 g/mol. The molecular formula is C29H37BrN4O4. The molecule has 2 saturated carbocycles. The van der Waals surface area contributed by atoms with E-state index in [2.05, 4.69) is 41.6 Å². The second-order valence-electron chi connectivity index (χ2n) is 12.2. The van der Waals surface area contributed by atoms with E-state index in [1.165, 1.54) is 6.07 Å².